The maximum absolute atomic E-state index is 2.26. The van der Waals surface area contributed by atoms with Crippen LogP contribution in [-0.2, 0) is 0 Å². The van der Waals surface area contributed by atoms with Crippen LogP contribution in [0.4, 0.5) is 0 Å². The number of rotatable bonds is 0. The Bertz CT molecular complexity index is 3050. The summed E-state index contributed by atoms with van der Waals surface area (Å²) in [5.74, 6) is 0. The molecule has 8 rings (SSSR count). The number of hydrogen-bond donors (Lipinski definition) is 0. The van der Waals surface area contributed by atoms with Crippen LogP contribution in [0.3, 0.4) is 0 Å². The third-order valence-corrected chi connectivity index (χ3v) is 22.1. The molecule has 0 unspecified atom stereocenters. The van der Waals surface area contributed by atoms with Crippen molar-refractivity contribution in [2.45, 2.75) is 277 Å². The molecule has 0 heteroatoms. The average molecular weight is 1190 g/mol. The van der Waals surface area contributed by atoms with Gasteiger partial charge in [0.1, 0.15) is 0 Å². The lowest BCUT2D eigenvalue weighted by Gasteiger charge is -2.15. The van der Waals surface area contributed by atoms with Gasteiger partial charge in [0.25, 0.3) is 0 Å². The van der Waals surface area contributed by atoms with Gasteiger partial charge in [-0.25, -0.2) is 0 Å². The number of benzene rings is 8. The molecule has 0 aromatic heterocycles. The molecule has 0 spiro atoms. The average Bonchev–Trinajstić information content (AvgIpc) is 3.37. The Morgan fingerprint density at radius 3 is 0.375 bits per heavy atom. The summed E-state index contributed by atoms with van der Waals surface area (Å²) in [7, 11) is 0. The second-order valence-corrected chi connectivity index (χ2v) is 27.0. The van der Waals surface area contributed by atoms with E-state index in [2.05, 4.69) is 325 Å². The van der Waals surface area contributed by atoms with Gasteiger partial charge in [0.2, 0.25) is 0 Å². The number of hydrogen-bond acceptors (Lipinski definition) is 0. The monoisotopic (exact) mass is 1190 g/mol. The van der Waals surface area contributed by atoms with Crippen molar-refractivity contribution in [2.75, 3.05) is 0 Å². The van der Waals surface area contributed by atoms with E-state index in [1.54, 1.807) is 0 Å². The fraction of sp³-hybridized carbons (Fsp3) is 0.455. The van der Waals surface area contributed by atoms with Gasteiger partial charge in [-0.05, 0) is 494 Å². The van der Waals surface area contributed by atoms with Gasteiger partial charge in [-0.2, -0.15) is 0 Å². The Labute approximate surface area is 544 Å². The SMILES string of the molecule is Cc1c(C)c(C)c(C)c(C)c1C.Cc1c(C)c(C)c(C)c(C)c1C.Cc1c(C)c(C)c(C)c(C)c1C.Cc1cc(C)c(C)c(C)c1.Cc1cc(C)c(C)c(C)c1C.Cc1cc(C)c(C)c(C)c1C.Cc1cc(C)c(C)cc1C.Cc1ccc(C)c(C)c1C. The highest BCUT2D eigenvalue weighted by Crippen LogP contribution is 2.28. The second kappa shape index (κ2) is 34.7. The molecule has 0 saturated carbocycles. The molecule has 8 aromatic carbocycles. The first-order chi connectivity index (χ1) is 40.3. The normalized spacial score (nSPS) is 10.3. The van der Waals surface area contributed by atoms with Crippen LogP contribution in [0, 0.1) is 277 Å². The molecule has 0 N–H and O–H groups in total. The molecule has 0 radical (unpaired) electrons. The van der Waals surface area contributed by atoms with Crippen LogP contribution in [0.15, 0.2) is 48.5 Å². The Morgan fingerprint density at radius 2 is 0.216 bits per heavy atom. The molecule has 0 fully saturated rings. The van der Waals surface area contributed by atoms with Crippen molar-refractivity contribution in [1.82, 2.24) is 0 Å². The molecule has 0 aliphatic rings. The van der Waals surface area contributed by atoms with Crippen LogP contribution in [0.2, 0.25) is 0 Å². The molecule has 0 saturated heterocycles. The standard InChI is InChI=1S/3C12H18.2C11H16.3C10H14/c3*1-7-8(2)10(4)12(6)11(5)9(7)3;2*1-7-6-8(2)10(4)11(5)9(7)3;1-7-5-9(3)10(4)6-8(7)2;1-7-5-8(2)10(4)9(3)6-7;1-7-5-6-8(2)10(4)9(7)3/h3*1-6H3;2*6H,1-5H3;3*5-6H,1-4H3. The highest BCUT2D eigenvalue weighted by atomic mass is 14.2. The van der Waals surface area contributed by atoms with E-state index in [1.807, 2.05) is 0 Å². The molecule has 88 heavy (non-hydrogen) atoms. The van der Waals surface area contributed by atoms with E-state index < -0.39 is 0 Å². The number of aryl methyl sites for hydroxylation is 13. The Morgan fingerprint density at radius 1 is 0.102 bits per heavy atom. The molecule has 0 nitrogen and oxygen atoms in total. The summed E-state index contributed by atoms with van der Waals surface area (Å²) in [6, 6.07) is 17.8. The van der Waals surface area contributed by atoms with Crippen LogP contribution in [0.5, 0.6) is 0 Å². The summed E-state index contributed by atoms with van der Waals surface area (Å²) in [5, 5.41) is 0. The van der Waals surface area contributed by atoms with E-state index in [9.17, 15) is 0 Å². The lowest BCUT2D eigenvalue weighted by atomic mass is 9.90. The summed E-state index contributed by atoms with van der Waals surface area (Å²) < 4.78 is 0. The van der Waals surface area contributed by atoms with Crippen molar-refractivity contribution in [3.05, 3.63) is 271 Å². The van der Waals surface area contributed by atoms with Gasteiger partial charge < -0.3 is 0 Å². The molecule has 0 aliphatic carbocycles. The van der Waals surface area contributed by atoms with Crippen molar-refractivity contribution in [3.8, 4) is 0 Å². The highest BCUT2D eigenvalue weighted by Gasteiger charge is 2.11. The van der Waals surface area contributed by atoms with Gasteiger partial charge in [0, 0.05) is 0 Å². The minimum Gasteiger partial charge on any atom is -0.0588 e. The van der Waals surface area contributed by atoms with Gasteiger partial charge in [-0.15, -0.1) is 0 Å². The minimum absolute atomic E-state index is 1.36. The summed E-state index contributed by atoms with van der Waals surface area (Å²) in [4.78, 5) is 0. The molecule has 0 aliphatic heterocycles. The van der Waals surface area contributed by atoms with Gasteiger partial charge in [-0.1, -0.05) is 54.1 Å². The first kappa shape index (κ1) is 79.8. The zero-order chi connectivity index (χ0) is 68.8. The van der Waals surface area contributed by atoms with E-state index in [4.69, 9.17) is 0 Å². The first-order valence-electron chi connectivity index (χ1n) is 32.6. The van der Waals surface area contributed by atoms with E-state index >= 15 is 0 Å². The fourth-order valence-corrected chi connectivity index (χ4v) is 11.3. The van der Waals surface area contributed by atoms with Crippen LogP contribution in [0.25, 0.3) is 0 Å². The minimum atomic E-state index is 1.36. The topological polar surface area (TPSA) is 0 Å². The van der Waals surface area contributed by atoms with Gasteiger partial charge in [-0.3, -0.25) is 0 Å². The third kappa shape index (κ3) is 20.7. The summed E-state index contributed by atoms with van der Waals surface area (Å²) in [5.41, 5.74) is 57.3. The Hall–Kier alpha value is -6.24. The van der Waals surface area contributed by atoms with E-state index in [1.165, 1.54) is 223 Å². The zero-order valence-corrected chi connectivity index (χ0v) is 64.6. The molecule has 480 valence electrons. The molecule has 0 heterocycles. The molecular formula is C88H128. The lowest BCUT2D eigenvalue weighted by Crippen LogP contribution is -1.98. The van der Waals surface area contributed by atoms with Crippen LogP contribution < -0.4 is 0 Å². The van der Waals surface area contributed by atoms with Crippen molar-refractivity contribution < 1.29 is 0 Å². The smallest absolute Gasteiger partial charge is 0.0392 e. The molecule has 0 atom stereocenters. The Kier molecular flexibility index (Phi) is 31.4. The van der Waals surface area contributed by atoms with Gasteiger partial charge in [0.15, 0.2) is 0 Å². The quantitative estimate of drug-likeness (QED) is 0.142. The molecule has 8 aromatic rings. The maximum Gasteiger partial charge on any atom is -0.0392 e. The largest absolute Gasteiger partial charge is 0.0588 e. The lowest BCUT2D eigenvalue weighted by molar-refractivity contribution is 1.13. The summed E-state index contributed by atoms with van der Waals surface area (Å²) >= 11 is 0. The first-order valence-corrected chi connectivity index (χ1v) is 32.6. The van der Waals surface area contributed by atoms with E-state index in [-0.39, 0.29) is 0 Å². The summed E-state index contributed by atoms with van der Waals surface area (Å²) in [6.07, 6.45) is 0. The van der Waals surface area contributed by atoms with Crippen molar-refractivity contribution in [1.29, 1.82) is 0 Å². The molecular weight excluding hydrogens is 1060 g/mol. The van der Waals surface area contributed by atoms with Crippen LogP contribution >= 0.6 is 0 Å². The summed E-state index contributed by atoms with van der Waals surface area (Å²) in [6.45, 7) is 87.6. The second-order valence-electron chi connectivity index (χ2n) is 27.0. The van der Waals surface area contributed by atoms with Crippen LogP contribution in [-0.4, -0.2) is 0 Å². The van der Waals surface area contributed by atoms with E-state index in [0.29, 0.717) is 0 Å². The predicted octanol–water partition coefficient (Wildman–Crippen LogP) is 25.8. The van der Waals surface area contributed by atoms with Crippen molar-refractivity contribution >= 4 is 0 Å². The van der Waals surface area contributed by atoms with Gasteiger partial charge >= 0.3 is 0 Å². The third-order valence-electron chi connectivity index (χ3n) is 22.1. The maximum atomic E-state index is 2.26. The van der Waals surface area contributed by atoms with Gasteiger partial charge in [0.05, 0.1) is 0 Å². The van der Waals surface area contributed by atoms with E-state index in [0.717, 1.165) is 0 Å². The fourth-order valence-electron chi connectivity index (χ4n) is 11.3. The highest BCUT2D eigenvalue weighted by molar-refractivity contribution is 5.51. The van der Waals surface area contributed by atoms with Crippen molar-refractivity contribution in [2.24, 2.45) is 0 Å². The van der Waals surface area contributed by atoms with Crippen LogP contribution in [0.1, 0.15) is 223 Å². The zero-order valence-electron chi connectivity index (χ0n) is 64.6. The Balaban J connectivity index is 0.000000503. The molecule has 0 amide bonds. The predicted molar refractivity (Wildman–Crippen MR) is 401 cm³/mol. The molecule has 0 bridgehead atoms. The van der Waals surface area contributed by atoms with Crippen molar-refractivity contribution in [3.63, 3.8) is 0 Å².